The first-order chi connectivity index (χ1) is 20.5. The topological polar surface area (TPSA) is 254 Å². The van der Waals surface area contributed by atoms with Gasteiger partial charge in [-0.15, -0.1) is 0 Å². The minimum atomic E-state index is -2.27. The van der Waals surface area contributed by atoms with E-state index in [-0.39, 0.29) is 17.6 Å². The Balaban J connectivity index is 0.000000436. The number of nitriles is 2. The standard InChI is InChI=1S/C24H18N6O3.C4H6O6/c1-31-19-10-16-9-15(13-26)5-8-18(16)22(32-2)23(19)33-21-11-20(27)29-24(30-21)28-17-6-3-14(12-25)4-7-17;5-1(3(7)8)2(6)4(9)10/h3-11H,1-2H3,(H3,27,28,29,30);1-2,5-6H,(H,7,8)(H,9,10). The molecule has 0 amide bonds. The zero-order valence-electron chi connectivity index (χ0n) is 22.5. The second-order valence-corrected chi connectivity index (χ2v) is 8.43. The number of aliphatic hydroxyl groups is 2. The number of methoxy groups -OCH3 is 2. The molecule has 0 saturated carbocycles. The van der Waals surface area contributed by atoms with Gasteiger partial charge in [0, 0.05) is 17.1 Å². The molecule has 1 aromatic heterocycles. The molecule has 0 saturated heterocycles. The highest BCUT2D eigenvalue weighted by molar-refractivity contribution is 5.94. The second kappa shape index (κ2) is 14.0. The van der Waals surface area contributed by atoms with E-state index in [1.54, 1.807) is 48.5 Å². The Morgan fingerprint density at radius 1 is 0.860 bits per heavy atom. The molecule has 15 heteroatoms. The van der Waals surface area contributed by atoms with E-state index < -0.39 is 24.1 Å². The first kappa shape index (κ1) is 31.4. The number of aliphatic carboxylic acids is 2. The number of nitrogens with one attached hydrogen (secondary N) is 1. The number of hydrogen-bond donors (Lipinski definition) is 6. The number of carboxylic acids is 2. The molecule has 7 N–H and O–H groups in total. The molecule has 0 radical (unpaired) electrons. The van der Waals surface area contributed by atoms with Gasteiger partial charge >= 0.3 is 11.9 Å². The summed E-state index contributed by atoms with van der Waals surface area (Å²) < 4.78 is 17.2. The Morgan fingerprint density at radius 3 is 2.00 bits per heavy atom. The molecule has 4 rings (SSSR count). The third-order valence-electron chi connectivity index (χ3n) is 5.57. The number of carboxylic acid groups (broad SMARTS) is 2. The average Bonchev–Trinajstić information content (AvgIpc) is 2.99. The maximum Gasteiger partial charge on any atom is 0.335 e. The molecule has 0 aliphatic heterocycles. The third-order valence-corrected chi connectivity index (χ3v) is 5.57. The van der Waals surface area contributed by atoms with Gasteiger partial charge in [0.2, 0.25) is 17.6 Å². The number of nitrogens with two attached hydrogens (primary N) is 1. The Kier molecular flexibility index (Phi) is 10.2. The van der Waals surface area contributed by atoms with Crippen LogP contribution in [-0.4, -0.2) is 68.8 Å². The van der Waals surface area contributed by atoms with E-state index in [9.17, 15) is 14.9 Å². The van der Waals surface area contributed by atoms with E-state index in [2.05, 4.69) is 27.4 Å². The Labute approximate surface area is 243 Å². The van der Waals surface area contributed by atoms with Gasteiger partial charge in [0.1, 0.15) is 5.82 Å². The van der Waals surface area contributed by atoms with Crippen molar-refractivity contribution in [2.75, 3.05) is 25.3 Å². The van der Waals surface area contributed by atoms with Crippen molar-refractivity contribution in [1.29, 1.82) is 10.5 Å². The molecule has 2 unspecified atom stereocenters. The summed E-state index contributed by atoms with van der Waals surface area (Å²) in [5.74, 6) is -1.84. The monoisotopic (exact) mass is 588 g/mol. The molecule has 0 bridgehead atoms. The van der Waals surface area contributed by atoms with E-state index >= 15 is 0 Å². The number of aromatic nitrogens is 2. The molecule has 15 nitrogen and oxygen atoms in total. The molecule has 220 valence electrons. The summed E-state index contributed by atoms with van der Waals surface area (Å²) in [6, 6.07) is 19.5. The number of aliphatic hydroxyl groups excluding tert-OH is 2. The molecule has 43 heavy (non-hydrogen) atoms. The van der Waals surface area contributed by atoms with Crippen LogP contribution in [0, 0.1) is 22.7 Å². The quantitative estimate of drug-likeness (QED) is 0.164. The number of rotatable bonds is 9. The smallest absolute Gasteiger partial charge is 0.335 e. The number of nitrogens with zero attached hydrogens (tertiary/aromatic N) is 4. The highest BCUT2D eigenvalue weighted by atomic mass is 16.5. The molecule has 4 aromatic rings. The molecular weight excluding hydrogens is 564 g/mol. The number of benzene rings is 3. The summed E-state index contributed by atoms with van der Waals surface area (Å²) in [4.78, 5) is 28.1. The number of fused-ring (bicyclic) bond motifs is 1. The van der Waals surface area contributed by atoms with E-state index in [4.69, 9.17) is 45.6 Å². The number of carbonyl (C=O) groups is 2. The Bertz CT molecular complexity index is 1710. The van der Waals surface area contributed by atoms with Crippen LogP contribution >= 0.6 is 0 Å². The summed E-state index contributed by atoms with van der Waals surface area (Å²) in [5.41, 5.74) is 7.70. The van der Waals surface area contributed by atoms with Crippen LogP contribution in [-0.2, 0) is 9.59 Å². The normalized spacial score (nSPS) is 11.5. The zero-order chi connectivity index (χ0) is 31.7. The molecule has 0 fully saturated rings. The number of nitrogen functional groups attached to an aromatic ring is 1. The fourth-order valence-corrected chi connectivity index (χ4v) is 3.53. The van der Waals surface area contributed by atoms with Gasteiger partial charge in [-0.1, -0.05) is 0 Å². The lowest BCUT2D eigenvalue weighted by atomic mass is 10.1. The van der Waals surface area contributed by atoms with Gasteiger partial charge in [-0.05, 0) is 53.9 Å². The van der Waals surface area contributed by atoms with Gasteiger partial charge in [0.15, 0.2) is 23.7 Å². The van der Waals surface area contributed by atoms with Crippen LogP contribution < -0.4 is 25.3 Å². The SMILES string of the molecule is COc1cc2cc(C#N)ccc2c(OC)c1Oc1cc(N)nc(Nc2ccc(C#N)cc2)n1.O=C(O)C(O)C(O)C(=O)O. The van der Waals surface area contributed by atoms with E-state index in [0.717, 1.165) is 10.8 Å². The number of ether oxygens (including phenoxy) is 3. The molecule has 3 aromatic carbocycles. The molecule has 1 heterocycles. The van der Waals surface area contributed by atoms with Crippen molar-refractivity contribution in [2.45, 2.75) is 12.2 Å². The number of hydrogen-bond acceptors (Lipinski definition) is 13. The highest BCUT2D eigenvalue weighted by Crippen LogP contribution is 2.45. The fourth-order valence-electron chi connectivity index (χ4n) is 3.53. The predicted molar refractivity (Wildman–Crippen MR) is 150 cm³/mol. The second-order valence-electron chi connectivity index (χ2n) is 8.43. The van der Waals surface area contributed by atoms with Crippen molar-refractivity contribution in [2.24, 2.45) is 0 Å². The molecule has 0 aliphatic carbocycles. The van der Waals surface area contributed by atoms with Crippen LogP contribution in [0.25, 0.3) is 10.8 Å². The van der Waals surface area contributed by atoms with Crippen LogP contribution in [0.4, 0.5) is 17.5 Å². The van der Waals surface area contributed by atoms with Crippen LogP contribution in [0.2, 0.25) is 0 Å². The summed E-state index contributed by atoms with van der Waals surface area (Å²) in [7, 11) is 3.03. The van der Waals surface area contributed by atoms with Gasteiger partial charge in [-0.25, -0.2) is 9.59 Å². The largest absolute Gasteiger partial charge is 0.493 e. The lowest BCUT2D eigenvalue weighted by Crippen LogP contribution is -2.39. The Hall–Kier alpha value is -6.16. The summed E-state index contributed by atoms with van der Waals surface area (Å²) in [5, 5.41) is 55.2. The minimum absolute atomic E-state index is 0.170. The van der Waals surface area contributed by atoms with Crippen molar-refractivity contribution >= 4 is 40.2 Å². The maximum atomic E-state index is 9.77. The summed E-state index contributed by atoms with van der Waals surface area (Å²) in [6.45, 7) is 0. The summed E-state index contributed by atoms with van der Waals surface area (Å²) >= 11 is 0. The average molecular weight is 589 g/mol. The maximum absolute atomic E-state index is 9.77. The lowest BCUT2D eigenvalue weighted by Gasteiger charge is -2.16. The van der Waals surface area contributed by atoms with E-state index in [1.165, 1.54) is 20.3 Å². The first-order valence-corrected chi connectivity index (χ1v) is 12.0. The first-order valence-electron chi connectivity index (χ1n) is 12.0. The van der Waals surface area contributed by atoms with Gasteiger partial charge in [0.05, 0.1) is 37.5 Å². The van der Waals surface area contributed by atoms with Crippen LogP contribution in [0.3, 0.4) is 0 Å². The van der Waals surface area contributed by atoms with Gasteiger partial charge in [-0.3, -0.25) is 0 Å². The summed E-state index contributed by atoms with van der Waals surface area (Å²) in [6.07, 6.45) is -4.53. The van der Waals surface area contributed by atoms with Crippen LogP contribution in [0.5, 0.6) is 23.1 Å². The van der Waals surface area contributed by atoms with E-state index in [0.29, 0.717) is 34.1 Å². The van der Waals surface area contributed by atoms with Gasteiger partial charge in [0.25, 0.3) is 0 Å². The minimum Gasteiger partial charge on any atom is -0.493 e. The van der Waals surface area contributed by atoms with Crippen LogP contribution in [0.15, 0.2) is 54.6 Å². The van der Waals surface area contributed by atoms with Crippen molar-refractivity contribution in [3.63, 3.8) is 0 Å². The van der Waals surface area contributed by atoms with Crippen LogP contribution in [0.1, 0.15) is 11.1 Å². The van der Waals surface area contributed by atoms with Gasteiger partial charge < -0.3 is 45.7 Å². The number of anilines is 3. The zero-order valence-corrected chi connectivity index (χ0v) is 22.5. The Morgan fingerprint density at radius 2 is 1.47 bits per heavy atom. The molecule has 0 spiro atoms. The molecular formula is C28H24N6O9. The lowest BCUT2D eigenvalue weighted by molar-refractivity contribution is -0.165. The van der Waals surface area contributed by atoms with Crippen molar-refractivity contribution in [1.82, 2.24) is 9.97 Å². The third kappa shape index (κ3) is 7.74. The van der Waals surface area contributed by atoms with E-state index in [1.807, 2.05) is 0 Å². The van der Waals surface area contributed by atoms with Crippen molar-refractivity contribution < 1.29 is 44.2 Å². The highest BCUT2D eigenvalue weighted by Gasteiger charge is 2.29. The van der Waals surface area contributed by atoms with Crippen molar-refractivity contribution in [3.8, 4) is 35.3 Å². The molecule has 0 aliphatic rings. The fraction of sp³-hybridized carbons (Fsp3) is 0.143. The predicted octanol–water partition coefficient (Wildman–Crippen LogP) is 2.39. The van der Waals surface area contributed by atoms with Gasteiger partial charge in [-0.2, -0.15) is 20.5 Å². The van der Waals surface area contributed by atoms with Crippen molar-refractivity contribution in [3.05, 3.63) is 65.7 Å². The molecule has 2 atom stereocenters.